The molecule has 2 rings (SSSR count). The highest BCUT2D eigenvalue weighted by molar-refractivity contribution is 9.10. The molecule has 1 N–H and O–H groups in total. The second kappa shape index (κ2) is 5.90. The third-order valence-electron chi connectivity index (χ3n) is 2.35. The molecule has 0 bridgehead atoms. The van der Waals surface area contributed by atoms with Gasteiger partial charge in [0.25, 0.3) is 5.91 Å². The van der Waals surface area contributed by atoms with Crippen LogP contribution in [0.15, 0.2) is 40.9 Å². The predicted molar refractivity (Wildman–Crippen MR) is 78.5 cm³/mol. The van der Waals surface area contributed by atoms with Crippen molar-refractivity contribution < 1.29 is 9.18 Å². The molecule has 6 heteroatoms. The van der Waals surface area contributed by atoms with Crippen LogP contribution in [0.25, 0.3) is 0 Å². The predicted octanol–water partition coefficient (Wildman–Crippen LogP) is 5.15. The quantitative estimate of drug-likeness (QED) is 0.786. The molecular formula is C13H7BrCl2FNO. The van der Waals surface area contributed by atoms with E-state index < -0.39 is 5.82 Å². The number of halogens is 4. The largest absolute Gasteiger partial charge is 0.322 e. The van der Waals surface area contributed by atoms with Crippen LogP contribution >= 0.6 is 39.1 Å². The lowest BCUT2D eigenvalue weighted by molar-refractivity contribution is 0.102. The van der Waals surface area contributed by atoms with Crippen molar-refractivity contribution in [2.45, 2.75) is 0 Å². The molecule has 2 nitrogen and oxygen atoms in total. The Morgan fingerprint density at radius 3 is 2.53 bits per heavy atom. The average Bonchev–Trinajstić information content (AvgIpc) is 2.33. The minimum absolute atomic E-state index is 0.256. The van der Waals surface area contributed by atoms with Gasteiger partial charge < -0.3 is 5.32 Å². The van der Waals surface area contributed by atoms with Crippen molar-refractivity contribution >= 4 is 50.7 Å². The van der Waals surface area contributed by atoms with Gasteiger partial charge in [0.15, 0.2) is 0 Å². The summed E-state index contributed by atoms with van der Waals surface area (Å²) in [6.07, 6.45) is 0. The van der Waals surface area contributed by atoms with Gasteiger partial charge in [0.05, 0.1) is 15.1 Å². The first-order valence-electron chi connectivity index (χ1n) is 5.19. The van der Waals surface area contributed by atoms with Crippen LogP contribution in [0.4, 0.5) is 10.1 Å². The van der Waals surface area contributed by atoms with E-state index in [0.717, 1.165) is 0 Å². The van der Waals surface area contributed by atoms with Gasteiger partial charge in [-0.2, -0.15) is 0 Å². The smallest absolute Gasteiger partial charge is 0.257 e. The van der Waals surface area contributed by atoms with E-state index in [1.54, 1.807) is 6.07 Å². The number of nitrogens with one attached hydrogen (secondary N) is 1. The number of amides is 1. The zero-order chi connectivity index (χ0) is 14.0. The summed E-state index contributed by atoms with van der Waals surface area (Å²) in [5.74, 6) is -0.789. The Labute approximate surface area is 127 Å². The maximum atomic E-state index is 13.1. The van der Waals surface area contributed by atoms with Crippen molar-refractivity contribution in [3.63, 3.8) is 0 Å². The second-order valence-corrected chi connectivity index (χ2v) is 5.41. The van der Waals surface area contributed by atoms with E-state index in [1.165, 1.54) is 30.3 Å². The van der Waals surface area contributed by atoms with Crippen LogP contribution in [0.2, 0.25) is 10.0 Å². The lowest BCUT2D eigenvalue weighted by atomic mass is 10.2. The molecule has 0 aliphatic rings. The molecular weight excluding hydrogens is 356 g/mol. The Bertz CT molecular complexity index is 649. The summed E-state index contributed by atoms with van der Waals surface area (Å²) in [7, 11) is 0. The molecule has 2 aromatic rings. The van der Waals surface area contributed by atoms with E-state index in [2.05, 4.69) is 21.2 Å². The fraction of sp³-hybridized carbons (Fsp3) is 0. The molecule has 0 fully saturated rings. The van der Waals surface area contributed by atoms with Gasteiger partial charge in [-0.15, -0.1) is 0 Å². The van der Waals surface area contributed by atoms with Crippen molar-refractivity contribution in [3.05, 3.63) is 62.3 Å². The van der Waals surface area contributed by atoms with Crippen LogP contribution in [0.5, 0.6) is 0 Å². The number of carbonyl (C=O) groups excluding carboxylic acids is 1. The van der Waals surface area contributed by atoms with Crippen molar-refractivity contribution in [3.8, 4) is 0 Å². The summed E-state index contributed by atoms with van der Waals surface area (Å²) in [5, 5.41) is 3.33. The zero-order valence-corrected chi connectivity index (χ0v) is 12.5. The third-order valence-corrected chi connectivity index (χ3v) is 3.51. The van der Waals surface area contributed by atoms with Crippen molar-refractivity contribution in [1.82, 2.24) is 0 Å². The highest BCUT2D eigenvalue weighted by atomic mass is 79.9. The van der Waals surface area contributed by atoms with E-state index in [9.17, 15) is 9.18 Å². The summed E-state index contributed by atoms with van der Waals surface area (Å²) in [6.45, 7) is 0. The average molecular weight is 363 g/mol. The molecule has 0 aliphatic carbocycles. The fourth-order valence-corrected chi connectivity index (χ4v) is 2.32. The van der Waals surface area contributed by atoms with Gasteiger partial charge in [0, 0.05) is 10.7 Å². The van der Waals surface area contributed by atoms with Gasteiger partial charge in [-0.05, 0) is 52.3 Å². The lowest BCUT2D eigenvalue weighted by Gasteiger charge is -2.07. The number of anilines is 1. The molecule has 0 aromatic heterocycles. The number of carbonyl (C=O) groups is 1. The van der Waals surface area contributed by atoms with E-state index >= 15 is 0 Å². The Balaban J connectivity index is 2.23. The molecule has 0 unspecified atom stereocenters. The van der Waals surface area contributed by atoms with Gasteiger partial charge in [-0.25, -0.2) is 4.39 Å². The topological polar surface area (TPSA) is 29.1 Å². The summed E-state index contributed by atoms with van der Waals surface area (Å²) in [4.78, 5) is 12.0. The van der Waals surface area contributed by atoms with E-state index in [1.807, 2.05) is 0 Å². The summed E-state index contributed by atoms with van der Waals surface area (Å²) < 4.78 is 13.3. The van der Waals surface area contributed by atoms with Gasteiger partial charge >= 0.3 is 0 Å². The lowest BCUT2D eigenvalue weighted by Crippen LogP contribution is -2.12. The number of benzene rings is 2. The highest BCUT2D eigenvalue weighted by Crippen LogP contribution is 2.24. The monoisotopic (exact) mass is 361 g/mol. The van der Waals surface area contributed by atoms with E-state index in [0.29, 0.717) is 16.3 Å². The molecule has 1 amide bonds. The summed E-state index contributed by atoms with van der Waals surface area (Å²) >= 11 is 14.7. The number of hydrogen-bond donors (Lipinski definition) is 1. The molecule has 0 spiro atoms. The molecule has 0 aliphatic heterocycles. The Kier molecular flexibility index (Phi) is 4.45. The zero-order valence-electron chi connectivity index (χ0n) is 9.38. The van der Waals surface area contributed by atoms with Gasteiger partial charge in [-0.1, -0.05) is 23.2 Å². The third kappa shape index (κ3) is 3.47. The summed E-state index contributed by atoms with van der Waals surface area (Å²) in [6, 6.07) is 8.77. The Morgan fingerprint density at radius 2 is 1.89 bits per heavy atom. The maximum absolute atomic E-state index is 13.1. The van der Waals surface area contributed by atoms with Crippen molar-refractivity contribution in [2.24, 2.45) is 0 Å². The molecule has 0 heterocycles. The summed E-state index contributed by atoms with van der Waals surface area (Å²) in [5.41, 5.74) is 0.760. The Hall–Kier alpha value is -1.10. The molecule has 2 aromatic carbocycles. The SMILES string of the molecule is O=C(Nc1ccc(F)c(Br)c1)c1ccc(Cl)cc1Cl. The van der Waals surface area contributed by atoms with Crippen LogP contribution in [-0.2, 0) is 0 Å². The Morgan fingerprint density at radius 1 is 1.16 bits per heavy atom. The first-order valence-corrected chi connectivity index (χ1v) is 6.74. The van der Waals surface area contributed by atoms with Crippen molar-refractivity contribution in [1.29, 1.82) is 0 Å². The van der Waals surface area contributed by atoms with Crippen LogP contribution in [0.1, 0.15) is 10.4 Å². The number of hydrogen-bond acceptors (Lipinski definition) is 1. The van der Waals surface area contributed by atoms with Crippen LogP contribution < -0.4 is 5.32 Å². The molecule has 19 heavy (non-hydrogen) atoms. The normalized spacial score (nSPS) is 10.3. The molecule has 0 saturated carbocycles. The standard InChI is InChI=1S/C13H7BrCl2FNO/c14-10-6-8(2-4-12(10)17)18-13(19)9-3-1-7(15)5-11(9)16/h1-6H,(H,18,19). The molecule has 0 atom stereocenters. The van der Waals surface area contributed by atoms with E-state index in [4.69, 9.17) is 23.2 Å². The van der Waals surface area contributed by atoms with Gasteiger partial charge in [0.2, 0.25) is 0 Å². The first kappa shape index (κ1) is 14.3. The minimum Gasteiger partial charge on any atom is -0.322 e. The first-order chi connectivity index (χ1) is 8.97. The van der Waals surface area contributed by atoms with E-state index in [-0.39, 0.29) is 15.4 Å². The van der Waals surface area contributed by atoms with Crippen LogP contribution in [-0.4, -0.2) is 5.91 Å². The molecule has 0 saturated heterocycles. The molecule has 0 radical (unpaired) electrons. The second-order valence-electron chi connectivity index (χ2n) is 3.71. The highest BCUT2D eigenvalue weighted by Gasteiger charge is 2.11. The molecule has 98 valence electrons. The van der Waals surface area contributed by atoms with Crippen molar-refractivity contribution in [2.75, 3.05) is 5.32 Å². The number of rotatable bonds is 2. The van der Waals surface area contributed by atoms with Gasteiger partial charge in [0.1, 0.15) is 5.82 Å². The maximum Gasteiger partial charge on any atom is 0.257 e. The minimum atomic E-state index is -0.400. The fourth-order valence-electron chi connectivity index (χ4n) is 1.45. The van der Waals surface area contributed by atoms with Gasteiger partial charge in [-0.3, -0.25) is 4.79 Å². The van der Waals surface area contributed by atoms with Crippen LogP contribution in [0, 0.1) is 5.82 Å². The van der Waals surface area contributed by atoms with Crippen LogP contribution in [0.3, 0.4) is 0 Å².